The first kappa shape index (κ1) is 14.0. The van der Waals surface area contributed by atoms with E-state index in [4.69, 9.17) is 4.98 Å². The van der Waals surface area contributed by atoms with Gasteiger partial charge < -0.3 is 9.88 Å². The standard InChI is InChI=1S/C18H24N4/c1-2-21-12-13-22-16(15-6-4-3-5-7-15)14-20-17(22)18(21)8-10-19-11-9-18/h3-7,14,19H,2,8-13H2,1H3. The number of hydrogen-bond acceptors (Lipinski definition) is 3. The van der Waals surface area contributed by atoms with Crippen LogP contribution < -0.4 is 5.32 Å². The van der Waals surface area contributed by atoms with Crippen LogP contribution in [0.1, 0.15) is 25.6 Å². The number of aromatic nitrogens is 2. The van der Waals surface area contributed by atoms with Crippen LogP contribution in [-0.4, -0.2) is 40.6 Å². The second-order valence-electron chi connectivity index (χ2n) is 6.35. The number of nitrogens with one attached hydrogen (secondary N) is 1. The molecule has 4 heteroatoms. The highest BCUT2D eigenvalue weighted by molar-refractivity contribution is 5.59. The Morgan fingerprint density at radius 1 is 1.14 bits per heavy atom. The van der Waals surface area contributed by atoms with Crippen LogP contribution in [-0.2, 0) is 12.1 Å². The molecule has 1 aromatic carbocycles. The lowest BCUT2D eigenvalue weighted by Gasteiger charge is -2.49. The van der Waals surface area contributed by atoms with E-state index in [-0.39, 0.29) is 5.54 Å². The predicted molar refractivity (Wildman–Crippen MR) is 88.7 cm³/mol. The summed E-state index contributed by atoms with van der Waals surface area (Å²) in [6, 6.07) is 10.7. The molecule has 0 saturated carbocycles. The van der Waals surface area contributed by atoms with Crippen molar-refractivity contribution in [2.75, 3.05) is 26.2 Å². The van der Waals surface area contributed by atoms with E-state index < -0.39 is 0 Å². The number of piperidine rings is 1. The molecule has 0 amide bonds. The Morgan fingerprint density at radius 3 is 2.64 bits per heavy atom. The van der Waals surface area contributed by atoms with Gasteiger partial charge in [-0.05, 0) is 38.0 Å². The van der Waals surface area contributed by atoms with Crippen LogP contribution in [0.3, 0.4) is 0 Å². The molecule has 0 aliphatic carbocycles. The van der Waals surface area contributed by atoms with Gasteiger partial charge in [0.25, 0.3) is 0 Å². The number of benzene rings is 1. The van der Waals surface area contributed by atoms with Crippen LogP contribution in [0, 0.1) is 0 Å². The molecule has 4 nitrogen and oxygen atoms in total. The highest BCUT2D eigenvalue weighted by atomic mass is 15.3. The maximum atomic E-state index is 4.90. The largest absolute Gasteiger partial charge is 0.325 e. The van der Waals surface area contributed by atoms with E-state index in [0.717, 1.165) is 45.6 Å². The van der Waals surface area contributed by atoms with Crippen LogP contribution in [0.2, 0.25) is 0 Å². The van der Waals surface area contributed by atoms with Crippen LogP contribution in [0.5, 0.6) is 0 Å². The van der Waals surface area contributed by atoms with Gasteiger partial charge in [-0.15, -0.1) is 0 Å². The fraction of sp³-hybridized carbons (Fsp3) is 0.500. The molecule has 1 N–H and O–H groups in total. The van der Waals surface area contributed by atoms with Crippen LogP contribution >= 0.6 is 0 Å². The zero-order chi connectivity index (χ0) is 15.0. The van der Waals surface area contributed by atoms with E-state index in [9.17, 15) is 0 Å². The van der Waals surface area contributed by atoms with Crippen molar-refractivity contribution in [2.45, 2.75) is 31.8 Å². The van der Waals surface area contributed by atoms with E-state index in [1.807, 2.05) is 0 Å². The van der Waals surface area contributed by atoms with Crippen LogP contribution in [0.15, 0.2) is 36.5 Å². The van der Waals surface area contributed by atoms with E-state index in [1.165, 1.54) is 17.1 Å². The topological polar surface area (TPSA) is 33.1 Å². The van der Waals surface area contributed by atoms with Gasteiger partial charge in [0.2, 0.25) is 0 Å². The lowest BCUT2D eigenvalue weighted by molar-refractivity contribution is 0.0246. The summed E-state index contributed by atoms with van der Waals surface area (Å²) in [7, 11) is 0. The number of rotatable bonds is 2. The molecule has 116 valence electrons. The third-order valence-electron chi connectivity index (χ3n) is 5.35. The number of hydrogen-bond donors (Lipinski definition) is 1. The maximum absolute atomic E-state index is 4.90. The summed E-state index contributed by atoms with van der Waals surface area (Å²) < 4.78 is 2.47. The van der Waals surface area contributed by atoms with Crippen molar-refractivity contribution in [1.82, 2.24) is 19.8 Å². The van der Waals surface area contributed by atoms with Gasteiger partial charge in [0.05, 0.1) is 17.4 Å². The molecule has 1 fully saturated rings. The first-order chi connectivity index (χ1) is 10.8. The molecule has 2 aromatic rings. The van der Waals surface area contributed by atoms with Gasteiger partial charge in [0.1, 0.15) is 5.82 Å². The summed E-state index contributed by atoms with van der Waals surface area (Å²) in [4.78, 5) is 7.55. The van der Waals surface area contributed by atoms with Crippen molar-refractivity contribution in [3.63, 3.8) is 0 Å². The molecule has 0 atom stereocenters. The first-order valence-electron chi connectivity index (χ1n) is 8.42. The van der Waals surface area contributed by atoms with Gasteiger partial charge in [-0.2, -0.15) is 0 Å². The summed E-state index contributed by atoms with van der Waals surface area (Å²) in [6.07, 6.45) is 4.39. The third-order valence-corrected chi connectivity index (χ3v) is 5.35. The van der Waals surface area contributed by atoms with Gasteiger partial charge >= 0.3 is 0 Å². The number of nitrogens with zero attached hydrogens (tertiary/aromatic N) is 3. The number of fused-ring (bicyclic) bond motifs is 2. The Morgan fingerprint density at radius 2 is 1.91 bits per heavy atom. The first-order valence-corrected chi connectivity index (χ1v) is 8.42. The Kier molecular flexibility index (Phi) is 3.51. The molecule has 0 bridgehead atoms. The molecule has 1 aromatic heterocycles. The minimum atomic E-state index is 0.130. The van der Waals surface area contributed by atoms with E-state index >= 15 is 0 Å². The van der Waals surface area contributed by atoms with Crippen molar-refractivity contribution >= 4 is 0 Å². The van der Waals surface area contributed by atoms with Gasteiger partial charge in [-0.1, -0.05) is 37.3 Å². The van der Waals surface area contributed by atoms with E-state index in [0.29, 0.717) is 0 Å². The predicted octanol–water partition coefficient (Wildman–Crippen LogP) is 2.46. The zero-order valence-electron chi connectivity index (χ0n) is 13.3. The zero-order valence-corrected chi connectivity index (χ0v) is 13.3. The smallest absolute Gasteiger partial charge is 0.129 e. The molecule has 0 unspecified atom stereocenters. The van der Waals surface area contributed by atoms with Gasteiger partial charge in [-0.3, -0.25) is 4.90 Å². The van der Waals surface area contributed by atoms with Gasteiger partial charge in [-0.25, -0.2) is 4.98 Å². The molecule has 2 aliphatic rings. The Hall–Kier alpha value is -1.65. The molecule has 2 aliphatic heterocycles. The molecule has 4 rings (SSSR count). The van der Waals surface area contributed by atoms with Crippen molar-refractivity contribution in [3.05, 3.63) is 42.4 Å². The summed E-state index contributed by atoms with van der Waals surface area (Å²) in [5, 5.41) is 3.51. The highest BCUT2D eigenvalue weighted by Gasteiger charge is 2.45. The molecule has 1 spiro atoms. The molecule has 22 heavy (non-hydrogen) atoms. The third kappa shape index (κ3) is 2.02. The lowest BCUT2D eigenvalue weighted by atomic mass is 9.84. The summed E-state index contributed by atoms with van der Waals surface area (Å²) in [5.74, 6) is 1.28. The monoisotopic (exact) mass is 296 g/mol. The minimum Gasteiger partial charge on any atom is -0.325 e. The van der Waals surface area contributed by atoms with Crippen molar-refractivity contribution < 1.29 is 0 Å². The molecular formula is C18H24N4. The maximum Gasteiger partial charge on any atom is 0.129 e. The number of likely N-dealkylation sites (N-methyl/N-ethyl adjacent to an activating group) is 1. The summed E-state index contributed by atoms with van der Waals surface area (Å²) in [5.41, 5.74) is 2.67. The van der Waals surface area contributed by atoms with Crippen molar-refractivity contribution in [3.8, 4) is 11.3 Å². The van der Waals surface area contributed by atoms with Crippen molar-refractivity contribution in [2.24, 2.45) is 0 Å². The number of imidazole rings is 1. The SMILES string of the molecule is CCN1CCn2c(-c3ccccc3)cnc2C12CCNCC2. The summed E-state index contributed by atoms with van der Waals surface area (Å²) >= 11 is 0. The molecule has 1 saturated heterocycles. The van der Waals surface area contributed by atoms with Crippen LogP contribution in [0.25, 0.3) is 11.3 Å². The van der Waals surface area contributed by atoms with E-state index in [2.05, 4.69) is 58.2 Å². The average molecular weight is 296 g/mol. The van der Waals surface area contributed by atoms with E-state index in [1.54, 1.807) is 0 Å². The molecule has 3 heterocycles. The Labute approximate surface area is 132 Å². The van der Waals surface area contributed by atoms with Gasteiger partial charge in [0, 0.05) is 13.1 Å². The summed E-state index contributed by atoms with van der Waals surface area (Å²) in [6.45, 7) is 7.73. The van der Waals surface area contributed by atoms with Gasteiger partial charge in [0.15, 0.2) is 0 Å². The molecular weight excluding hydrogens is 272 g/mol. The normalized spacial score (nSPS) is 21.0. The quantitative estimate of drug-likeness (QED) is 0.924. The second-order valence-corrected chi connectivity index (χ2v) is 6.35. The minimum absolute atomic E-state index is 0.130. The Balaban J connectivity index is 1.82. The highest BCUT2D eigenvalue weighted by Crippen LogP contribution is 2.40. The van der Waals surface area contributed by atoms with Crippen LogP contribution in [0.4, 0.5) is 0 Å². The lowest BCUT2D eigenvalue weighted by Crippen LogP contribution is -2.57. The fourth-order valence-corrected chi connectivity index (χ4v) is 4.23. The fourth-order valence-electron chi connectivity index (χ4n) is 4.23. The molecule has 0 radical (unpaired) electrons. The van der Waals surface area contributed by atoms with Crippen molar-refractivity contribution in [1.29, 1.82) is 0 Å². The second kappa shape index (κ2) is 5.52. The Bertz CT molecular complexity index is 640. The average Bonchev–Trinajstić information content (AvgIpc) is 3.02.